The molecule has 0 aliphatic carbocycles. The fourth-order valence-electron chi connectivity index (χ4n) is 0.621. The number of carbonyl (C=O) groups is 1. The van der Waals surface area contributed by atoms with Crippen molar-refractivity contribution in [2.24, 2.45) is 0 Å². The van der Waals surface area contributed by atoms with Gasteiger partial charge in [0, 0.05) is 18.2 Å². The number of carbonyl (C=O) groups excluding carboxylic acids is 1. The molecular formula is C7H11NOS. The summed E-state index contributed by atoms with van der Waals surface area (Å²) >= 11 is 0.748. The van der Waals surface area contributed by atoms with Crippen molar-refractivity contribution in [3.63, 3.8) is 0 Å². The smallest absolute Gasteiger partial charge is 0.203 e. The second-order valence-electron chi connectivity index (χ2n) is 2.02. The number of hydrogen-bond donors (Lipinski definition) is 0. The summed E-state index contributed by atoms with van der Waals surface area (Å²) in [6, 6.07) is 0. The van der Waals surface area contributed by atoms with Gasteiger partial charge in [0.2, 0.25) is 5.12 Å². The average molecular weight is 157 g/mol. The third-order valence-corrected chi connectivity index (χ3v) is 1.67. The molecular weight excluding hydrogens is 146 g/mol. The van der Waals surface area contributed by atoms with Crippen molar-refractivity contribution in [1.29, 1.82) is 5.26 Å². The third-order valence-electron chi connectivity index (χ3n) is 1.14. The highest BCUT2D eigenvalue weighted by Gasteiger charge is 1.99. The third kappa shape index (κ3) is 5.64. The molecule has 0 radical (unpaired) electrons. The Labute approximate surface area is 65.6 Å². The Bertz CT molecular complexity index is 139. The molecule has 0 heterocycles. The molecule has 0 aromatic heterocycles. The van der Waals surface area contributed by atoms with Crippen molar-refractivity contribution in [2.75, 3.05) is 0 Å². The number of thiocyanates is 1. The molecule has 0 unspecified atom stereocenters. The average Bonchev–Trinajstić information content (AvgIpc) is 1.89. The van der Waals surface area contributed by atoms with Gasteiger partial charge in [-0.3, -0.25) is 4.79 Å². The van der Waals surface area contributed by atoms with Gasteiger partial charge < -0.3 is 0 Å². The summed E-state index contributed by atoms with van der Waals surface area (Å²) in [6.45, 7) is 2.09. The van der Waals surface area contributed by atoms with Gasteiger partial charge in [-0.25, -0.2) is 0 Å². The Morgan fingerprint density at radius 3 is 2.80 bits per heavy atom. The second kappa shape index (κ2) is 6.63. The fraction of sp³-hybridized carbons (Fsp3) is 0.714. The molecule has 0 N–H and O–H groups in total. The van der Waals surface area contributed by atoms with Crippen LogP contribution in [0.1, 0.15) is 32.6 Å². The maximum atomic E-state index is 10.7. The van der Waals surface area contributed by atoms with Crippen LogP contribution in [0, 0.1) is 10.7 Å². The van der Waals surface area contributed by atoms with E-state index in [1.165, 1.54) is 0 Å². The molecule has 0 spiro atoms. The molecule has 2 nitrogen and oxygen atoms in total. The van der Waals surface area contributed by atoms with Gasteiger partial charge in [0.15, 0.2) is 0 Å². The first kappa shape index (κ1) is 9.51. The zero-order valence-corrected chi connectivity index (χ0v) is 6.91. The van der Waals surface area contributed by atoms with Gasteiger partial charge in [-0.1, -0.05) is 19.8 Å². The Kier molecular flexibility index (Phi) is 6.30. The highest BCUT2D eigenvalue weighted by Crippen LogP contribution is 2.07. The molecule has 56 valence electrons. The van der Waals surface area contributed by atoms with Crippen molar-refractivity contribution in [3.05, 3.63) is 0 Å². The molecule has 3 heteroatoms. The van der Waals surface area contributed by atoms with Crippen LogP contribution in [-0.4, -0.2) is 5.12 Å². The number of rotatable bonds is 4. The Morgan fingerprint density at radius 1 is 1.60 bits per heavy atom. The minimum atomic E-state index is -0.00375. The van der Waals surface area contributed by atoms with Crippen molar-refractivity contribution in [2.45, 2.75) is 32.6 Å². The highest BCUT2D eigenvalue weighted by atomic mass is 32.2. The van der Waals surface area contributed by atoms with E-state index in [1.807, 2.05) is 0 Å². The van der Waals surface area contributed by atoms with Crippen LogP contribution in [0.4, 0.5) is 0 Å². The lowest BCUT2D eigenvalue weighted by atomic mass is 10.2. The van der Waals surface area contributed by atoms with E-state index in [4.69, 9.17) is 5.26 Å². The van der Waals surface area contributed by atoms with Gasteiger partial charge in [0.1, 0.15) is 5.40 Å². The summed E-state index contributed by atoms with van der Waals surface area (Å²) in [6.07, 6.45) is 3.66. The number of thioether (sulfide) groups is 1. The van der Waals surface area contributed by atoms with Gasteiger partial charge >= 0.3 is 0 Å². The SMILES string of the molecule is CCCCCC(=O)SC#N. The lowest BCUT2D eigenvalue weighted by molar-refractivity contribution is -0.111. The van der Waals surface area contributed by atoms with E-state index in [-0.39, 0.29) is 5.12 Å². The van der Waals surface area contributed by atoms with Crippen molar-refractivity contribution < 1.29 is 4.79 Å². The van der Waals surface area contributed by atoms with Crippen LogP contribution >= 0.6 is 11.8 Å². The molecule has 0 aliphatic rings. The molecule has 0 saturated carbocycles. The van der Waals surface area contributed by atoms with Crippen LogP contribution in [-0.2, 0) is 4.79 Å². The van der Waals surface area contributed by atoms with Crippen LogP contribution in [0.15, 0.2) is 0 Å². The summed E-state index contributed by atoms with van der Waals surface area (Å²) in [4.78, 5) is 10.7. The van der Waals surface area contributed by atoms with Crippen LogP contribution in [0.5, 0.6) is 0 Å². The predicted molar refractivity (Wildman–Crippen MR) is 42.4 cm³/mol. The first-order valence-corrected chi connectivity index (χ1v) is 4.21. The summed E-state index contributed by atoms with van der Waals surface area (Å²) in [7, 11) is 0. The first-order valence-electron chi connectivity index (χ1n) is 3.40. The summed E-state index contributed by atoms with van der Waals surface area (Å²) < 4.78 is 0. The molecule has 0 saturated heterocycles. The monoisotopic (exact) mass is 157 g/mol. The van der Waals surface area contributed by atoms with Crippen LogP contribution in [0.25, 0.3) is 0 Å². The standard InChI is InChI=1S/C7H11NOS/c1-2-3-4-5-7(9)10-6-8/h2-5H2,1H3. The van der Waals surface area contributed by atoms with E-state index in [0.717, 1.165) is 31.0 Å². The van der Waals surface area contributed by atoms with E-state index >= 15 is 0 Å². The number of hydrogen-bond acceptors (Lipinski definition) is 3. The number of unbranched alkanes of at least 4 members (excludes halogenated alkanes) is 2. The molecule has 0 aliphatic heterocycles. The molecule has 0 aromatic rings. The maximum absolute atomic E-state index is 10.7. The minimum Gasteiger partial charge on any atom is -0.286 e. The largest absolute Gasteiger partial charge is 0.286 e. The predicted octanol–water partition coefficient (Wildman–Crippen LogP) is 2.31. The van der Waals surface area contributed by atoms with Crippen LogP contribution < -0.4 is 0 Å². The van der Waals surface area contributed by atoms with E-state index in [1.54, 1.807) is 5.40 Å². The molecule has 0 rings (SSSR count). The highest BCUT2D eigenvalue weighted by molar-refractivity contribution is 8.17. The molecule has 0 aromatic carbocycles. The zero-order valence-electron chi connectivity index (χ0n) is 6.09. The lowest BCUT2D eigenvalue weighted by Gasteiger charge is -1.92. The minimum absolute atomic E-state index is 0.00375. The summed E-state index contributed by atoms with van der Waals surface area (Å²) in [5.41, 5.74) is 0. The number of nitriles is 1. The first-order chi connectivity index (χ1) is 4.81. The molecule has 0 atom stereocenters. The normalized spacial score (nSPS) is 8.80. The van der Waals surface area contributed by atoms with Crippen molar-refractivity contribution in [1.82, 2.24) is 0 Å². The Hall–Kier alpha value is -0.490. The Balaban J connectivity index is 3.15. The molecule has 0 amide bonds. The van der Waals surface area contributed by atoms with E-state index in [0.29, 0.717) is 6.42 Å². The maximum Gasteiger partial charge on any atom is 0.203 e. The second-order valence-corrected chi connectivity index (χ2v) is 2.86. The van der Waals surface area contributed by atoms with Crippen LogP contribution in [0.2, 0.25) is 0 Å². The van der Waals surface area contributed by atoms with Gasteiger partial charge in [-0.05, 0) is 6.42 Å². The van der Waals surface area contributed by atoms with Crippen molar-refractivity contribution >= 4 is 16.9 Å². The quantitative estimate of drug-likeness (QED) is 0.464. The van der Waals surface area contributed by atoms with Crippen molar-refractivity contribution in [3.8, 4) is 5.40 Å². The van der Waals surface area contributed by atoms with Gasteiger partial charge in [0.25, 0.3) is 0 Å². The van der Waals surface area contributed by atoms with E-state index in [9.17, 15) is 4.79 Å². The fourth-order valence-corrected chi connectivity index (χ4v) is 0.969. The molecule has 0 bridgehead atoms. The van der Waals surface area contributed by atoms with E-state index in [2.05, 4.69) is 6.92 Å². The zero-order chi connectivity index (χ0) is 7.82. The summed E-state index contributed by atoms with van der Waals surface area (Å²) in [5, 5.41) is 9.84. The molecule has 10 heavy (non-hydrogen) atoms. The lowest BCUT2D eigenvalue weighted by Crippen LogP contribution is -1.88. The number of nitrogens with zero attached hydrogens (tertiary/aromatic N) is 1. The topological polar surface area (TPSA) is 40.9 Å². The van der Waals surface area contributed by atoms with E-state index < -0.39 is 0 Å². The summed E-state index contributed by atoms with van der Waals surface area (Å²) in [5.74, 6) is 0. The van der Waals surface area contributed by atoms with Gasteiger partial charge in [0.05, 0.1) is 0 Å². The van der Waals surface area contributed by atoms with Gasteiger partial charge in [-0.2, -0.15) is 5.26 Å². The Morgan fingerprint density at radius 2 is 2.30 bits per heavy atom. The van der Waals surface area contributed by atoms with Crippen LogP contribution in [0.3, 0.4) is 0 Å². The van der Waals surface area contributed by atoms with Gasteiger partial charge in [-0.15, -0.1) is 0 Å². The molecule has 0 fully saturated rings.